The number of rotatable bonds is 3. The quantitative estimate of drug-likeness (QED) is 0.614. The lowest BCUT2D eigenvalue weighted by molar-refractivity contribution is -0.153. The van der Waals surface area contributed by atoms with Gasteiger partial charge in [0, 0.05) is 25.0 Å². The highest BCUT2D eigenvalue weighted by Gasteiger charge is 2.22. The summed E-state index contributed by atoms with van der Waals surface area (Å²) in [6.07, 6.45) is 3.11. The van der Waals surface area contributed by atoms with E-state index in [2.05, 4.69) is 4.98 Å². The molecule has 0 aromatic carbocycles. The molecule has 0 N–H and O–H groups in total. The number of esters is 1. The first-order chi connectivity index (χ1) is 8.25. The molecule has 1 fully saturated rings. The maximum Gasteiger partial charge on any atom is 0.309 e. The molecule has 0 spiro atoms. The summed E-state index contributed by atoms with van der Waals surface area (Å²) in [6.45, 7) is 1.53. The normalized spacial score (nSPS) is 16.8. The number of carbonyl (C=O) groups excluding carboxylic acids is 1. The second kappa shape index (κ2) is 5.98. The lowest BCUT2D eigenvalue weighted by Crippen LogP contribution is -2.25. The van der Waals surface area contributed by atoms with Crippen molar-refractivity contribution in [1.82, 2.24) is 4.98 Å². The minimum atomic E-state index is -0.150. The molecule has 0 saturated carbocycles. The third-order valence-corrected chi connectivity index (χ3v) is 2.95. The summed E-state index contributed by atoms with van der Waals surface area (Å²) in [4.78, 5) is 15.6. The largest absolute Gasteiger partial charge is 0.461 e. The van der Waals surface area contributed by atoms with Crippen molar-refractivity contribution in [3.8, 4) is 0 Å². The maximum atomic E-state index is 11.7. The number of carbonyl (C=O) groups is 1. The van der Waals surface area contributed by atoms with Gasteiger partial charge in [0.2, 0.25) is 0 Å². The zero-order valence-corrected chi connectivity index (χ0v) is 10.2. The van der Waals surface area contributed by atoms with Crippen LogP contribution >= 0.6 is 11.6 Å². The molecule has 1 aromatic rings. The van der Waals surface area contributed by atoms with Crippen LogP contribution in [0.5, 0.6) is 0 Å². The van der Waals surface area contributed by atoms with Gasteiger partial charge in [-0.2, -0.15) is 0 Å². The van der Waals surface area contributed by atoms with E-state index in [0.29, 0.717) is 18.4 Å². The molecule has 92 valence electrons. The zero-order valence-electron chi connectivity index (χ0n) is 9.39. The van der Waals surface area contributed by atoms with E-state index in [4.69, 9.17) is 21.1 Å². The second-order valence-corrected chi connectivity index (χ2v) is 4.37. The molecule has 4 nitrogen and oxygen atoms in total. The van der Waals surface area contributed by atoms with Gasteiger partial charge in [-0.25, -0.2) is 4.98 Å². The van der Waals surface area contributed by atoms with E-state index in [1.165, 1.54) is 0 Å². The zero-order chi connectivity index (χ0) is 12.1. The van der Waals surface area contributed by atoms with E-state index >= 15 is 0 Å². The smallest absolute Gasteiger partial charge is 0.309 e. The molecule has 0 unspecified atom stereocenters. The van der Waals surface area contributed by atoms with Gasteiger partial charge in [0.1, 0.15) is 11.8 Å². The standard InChI is InChI=1S/C12H14ClNO3/c13-11-2-1-9(7-14-11)8-17-12(15)10-3-5-16-6-4-10/h1-2,7,10H,3-6,8H2. The van der Waals surface area contributed by atoms with Gasteiger partial charge in [0.25, 0.3) is 0 Å². The van der Waals surface area contributed by atoms with Crippen LogP contribution in [0.1, 0.15) is 18.4 Å². The maximum absolute atomic E-state index is 11.7. The third-order valence-electron chi connectivity index (χ3n) is 2.72. The van der Waals surface area contributed by atoms with Crippen LogP contribution in [0.3, 0.4) is 0 Å². The molecule has 1 aromatic heterocycles. The molecule has 0 radical (unpaired) electrons. The van der Waals surface area contributed by atoms with Crippen LogP contribution < -0.4 is 0 Å². The monoisotopic (exact) mass is 255 g/mol. The Kier molecular flexibility index (Phi) is 4.34. The Bertz CT molecular complexity index is 374. The number of hydrogen-bond acceptors (Lipinski definition) is 4. The summed E-state index contributed by atoms with van der Waals surface area (Å²) >= 11 is 5.66. The summed E-state index contributed by atoms with van der Waals surface area (Å²) in [7, 11) is 0. The Labute approximate surface area is 105 Å². The van der Waals surface area contributed by atoms with Crippen molar-refractivity contribution < 1.29 is 14.3 Å². The molecule has 1 aliphatic rings. The van der Waals surface area contributed by atoms with Gasteiger partial charge in [0.15, 0.2) is 0 Å². The van der Waals surface area contributed by atoms with Gasteiger partial charge in [-0.1, -0.05) is 17.7 Å². The minimum Gasteiger partial charge on any atom is -0.461 e. The van der Waals surface area contributed by atoms with Crippen molar-refractivity contribution in [2.75, 3.05) is 13.2 Å². The predicted octanol–water partition coefficient (Wildman–Crippen LogP) is 2.20. The average Bonchev–Trinajstić information content (AvgIpc) is 2.39. The molecule has 2 rings (SSSR count). The highest BCUT2D eigenvalue weighted by atomic mass is 35.5. The van der Waals surface area contributed by atoms with Crippen LogP contribution in [0.4, 0.5) is 0 Å². The molecule has 1 aliphatic heterocycles. The van der Waals surface area contributed by atoms with Crippen LogP contribution in [0.15, 0.2) is 18.3 Å². The Balaban J connectivity index is 1.81. The third kappa shape index (κ3) is 3.68. The summed E-state index contributed by atoms with van der Waals surface area (Å²) in [5.74, 6) is -0.174. The lowest BCUT2D eigenvalue weighted by atomic mass is 10.0. The highest BCUT2D eigenvalue weighted by molar-refractivity contribution is 6.29. The van der Waals surface area contributed by atoms with Crippen LogP contribution in [-0.2, 0) is 20.9 Å². The molecule has 0 aliphatic carbocycles. The summed E-state index contributed by atoms with van der Waals surface area (Å²) in [5, 5.41) is 0.435. The Morgan fingerprint density at radius 1 is 1.47 bits per heavy atom. The van der Waals surface area contributed by atoms with Gasteiger partial charge < -0.3 is 9.47 Å². The first-order valence-corrected chi connectivity index (χ1v) is 5.98. The minimum absolute atomic E-state index is 0.0241. The summed E-state index contributed by atoms with van der Waals surface area (Å²) in [5.41, 5.74) is 0.842. The van der Waals surface area contributed by atoms with Gasteiger partial charge in [0.05, 0.1) is 5.92 Å². The van der Waals surface area contributed by atoms with E-state index < -0.39 is 0 Å². The van der Waals surface area contributed by atoms with Crippen LogP contribution in [0.2, 0.25) is 5.15 Å². The average molecular weight is 256 g/mol. The van der Waals surface area contributed by atoms with Crippen molar-refractivity contribution in [2.24, 2.45) is 5.92 Å². The molecule has 0 bridgehead atoms. The number of hydrogen-bond donors (Lipinski definition) is 0. The summed E-state index contributed by atoms with van der Waals surface area (Å²) < 4.78 is 10.4. The Morgan fingerprint density at radius 3 is 2.88 bits per heavy atom. The highest BCUT2D eigenvalue weighted by Crippen LogP contribution is 2.17. The fourth-order valence-corrected chi connectivity index (χ4v) is 1.81. The van der Waals surface area contributed by atoms with Crippen molar-refractivity contribution in [3.05, 3.63) is 29.0 Å². The van der Waals surface area contributed by atoms with Crippen molar-refractivity contribution in [2.45, 2.75) is 19.4 Å². The summed E-state index contributed by atoms with van der Waals surface area (Å²) in [6, 6.07) is 3.48. The van der Waals surface area contributed by atoms with Gasteiger partial charge in [-0.3, -0.25) is 4.79 Å². The predicted molar refractivity (Wildman–Crippen MR) is 62.6 cm³/mol. The van der Waals surface area contributed by atoms with E-state index in [0.717, 1.165) is 18.4 Å². The van der Waals surface area contributed by atoms with E-state index in [1.807, 2.05) is 0 Å². The number of aromatic nitrogens is 1. The molecule has 2 heterocycles. The van der Waals surface area contributed by atoms with E-state index in [1.54, 1.807) is 18.3 Å². The first-order valence-electron chi connectivity index (χ1n) is 5.60. The molecule has 1 saturated heterocycles. The van der Waals surface area contributed by atoms with Crippen molar-refractivity contribution in [3.63, 3.8) is 0 Å². The van der Waals surface area contributed by atoms with Crippen LogP contribution in [-0.4, -0.2) is 24.2 Å². The molecule has 5 heteroatoms. The number of halogens is 1. The van der Waals surface area contributed by atoms with Gasteiger partial charge >= 0.3 is 5.97 Å². The fourth-order valence-electron chi connectivity index (χ4n) is 1.70. The second-order valence-electron chi connectivity index (χ2n) is 3.98. The lowest BCUT2D eigenvalue weighted by Gasteiger charge is -2.20. The molecule has 17 heavy (non-hydrogen) atoms. The van der Waals surface area contributed by atoms with Crippen molar-refractivity contribution >= 4 is 17.6 Å². The Hall–Kier alpha value is -1.13. The first kappa shape index (κ1) is 12.3. The molecular weight excluding hydrogens is 242 g/mol. The van der Waals surface area contributed by atoms with Crippen LogP contribution in [0.25, 0.3) is 0 Å². The van der Waals surface area contributed by atoms with Gasteiger partial charge in [-0.05, 0) is 18.9 Å². The Morgan fingerprint density at radius 2 is 2.24 bits per heavy atom. The molecule has 0 atom stereocenters. The fraction of sp³-hybridized carbons (Fsp3) is 0.500. The van der Waals surface area contributed by atoms with E-state index in [-0.39, 0.29) is 18.5 Å². The topological polar surface area (TPSA) is 48.4 Å². The number of pyridine rings is 1. The molecular formula is C12H14ClNO3. The molecule has 0 amide bonds. The SMILES string of the molecule is O=C(OCc1ccc(Cl)nc1)C1CCOCC1. The van der Waals surface area contributed by atoms with Crippen molar-refractivity contribution in [1.29, 1.82) is 0 Å². The number of ether oxygens (including phenoxy) is 2. The van der Waals surface area contributed by atoms with E-state index in [9.17, 15) is 4.79 Å². The number of nitrogens with zero attached hydrogens (tertiary/aromatic N) is 1. The van der Waals surface area contributed by atoms with Crippen LogP contribution in [0, 0.1) is 5.92 Å². The van der Waals surface area contributed by atoms with Gasteiger partial charge in [-0.15, -0.1) is 0 Å².